The molecular weight excluding hydrogens is 118 g/mol. The molecule has 0 aromatic carbocycles. The number of ether oxygens (including phenoxy) is 1. The summed E-state index contributed by atoms with van der Waals surface area (Å²) in [6.45, 7) is 1.51. The van der Waals surface area contributed by atoms with Crippen molar-refractivity contribution in [1.82, 2.24) is 5.32 Å². The molecule has 0 spiro atoms. The number of fused-ring (bicyclic) bond motifs is 1. The molecule has 0 saturated carbocycles. The number of nitrogens with one attached hydrogen (secondary N) is 1. The molecule has 2 N–H and O–H groups in total. The normalized spacial score (nSPS) is 49.7. The van der Waals surface area contributed by atoms with E-state index in [2.05, 4.69) is 5.32 Å². The quantitative estimate of drug-likeness (QED) is 0.446. The van der Waals surface area contributed by atoms with Gasteiger partial charge in [0.1, 0.15) is 0 Å². The monoisotopic (exact) mass is 129 g/mol. The third-order valence-corrected chi connectivity index (χ3v) is 2.11. The van der Waals surface area contributed by atoms with Gasteiger partial charge in [0.25, 0.3) is 0 Å². The standard InChI is InChI=1S/C6H11NO2/c8-4-3-9-5-1-2-7-6(4)5/h4-8H,1-3H2/t4-,5?,6-/m1/s1. The summed E-state index contributed by atoms with van der Waals surface area (Å²) in [5.74, 6) is 0. The van der Waals surface area contributed by atoms with Gasteiger partial charge in [-0.3, -0.25) is 0 Å². The number of hydrogen-bond acceptors (Lipinski definition) is 3. The summed E-state index contributed by atoms with van der Waals surface area (Å²) < 4.78 is 5.28. The lowest BCUT2D eigenvalue weighted by atomic mass is 10.1. The van der Waals surface area contributed by atoms with Gasteiger partial charge in [0.15, 0.2) is 0 Å². The molecular formula is C6H11NO2. The third kappa shape index (κ3) is 0.764. The van der Waals surface area contributed by atoms with Crippen LogP contribution in [0.15, 0.2) is 0 Å². The van der Waals surface area contributed by atoms with Crippen molar-refractivity contribution in [3.05, 3.63) is 0 Å². The molecule has 0 amide bonds. The Morgan fingerprint density at radius 2 is 2.44 bits per heavy atom. The molecule has 0 aromatic rings. The van der Waals surface area contributed by atoms with Gasteiger partial charge in [-0.2, -0.15) is 0 Å². The van der Waals surface area contributed by atoms with Crippen LogP contribution in [0.5, 0.6) is 0 Å². The lowest BCUT2D eigenvalue weighted by Gasteiger charge is -2.09. The first-order valence-electron chi connectivity index (χ1n) is 3.41. The van der Waals surface area contributed by atoms with Gasteiger partial charge in [0, 0.05) is 0 Å². The lowest BCUT2D eigenvalue weighted by molar-refractivity contribution is 0.0875. The van der Waals surface area contributed by atoms with Crippen molar-refractivity contribution in [1.29, 1.82) is 0 Å². The second-order valence-corrected chi connectivity index (χ2v) is 2.71. The maximum Gasteiger partial charge on any atom is 0.0951 e. The smallest absolute Gasteiger partial charge is 0.0951 e. The topological polar surface area (TPSA) is 41.5 Å². The Balaban J connectivity index is 2.07. The molecule has 3 atom stereocenters. The van der Waals surface area contributed by atoms with E-state index in [0.29, 0.717) is 12.7 Å². The van der Waals surface area contributed by atoms with Crippen molar-refractivity contribution in [2.45, 2.75) is 24.7 Å². The Hall–Kier alpha value is -0.120. The van der Waals surface area contributed by atoms with Crippen LogP contribution in [0, 0.1) is 0 Å². The van der Waals surface area contributed by atoms with Gasteiger partial charge in [-0.25, -0.2) is 0 Å². The van der Waals surface area contributed by atoms with Gasteiger partial charge in [0.05, 0.1) is 24.9 Å². The molecule has 1 unspecified atom stereocenters. The summed E-state index contributed by atoms with van der Waals surface area (Å²) in [7, 11) is 0. The molecule has 2 saturated heterocycles. The fourth-order valence-corrected chi connectivity index (χ4v) is 1.60. The van der Waals surface area contributed by atoms with Crippen LogP contribution in [0.1, 0.15) is 6.42 Å². The largest absolute Gasteiger partial charge is 0.389 e. The van der Waals surface area contributed by atoms with E-state index in [9.17, 15) is 5.11 Å². The SMILES string of the molecule is O[C@@H]1COC2CCN[C@@H]21. The van der Waals surface area contributed by atoms with Crippen molar-refractivity contribution in [3.63, 3.8) is 0 Å². The first-order chi connectivity index (χ1) is 4.38. The molecule has 2 rings (SSSR count). The Morgan fingerprint density at radius 1 is 1.56 bits per heavy atom. The van der Waals surface area contributed by atoms with Crippen LogP contribution in [-0.4, -0.2) is 36.5 Å². The molecule has 2 aliphatic rings. The van der Waals surface area contributed by atoms with Gasteiger partial charge >= 0.3 is 0 Å². The van der Waals surface area contributed by atoms with Crippen molar-refractivity contribution in [3.8, 4) is 0 Å². The highest BCUT2D eigenvalue weighted by atomic mass is 16.5. The summed E-state index contributed by atoms with van der Waals surface area (Å²) in [4.78, 5) is 0. The Kier molecular flexibility index (Phi) is 1.22. The average molecular weight is 129 g/mol. The minimum atomic E-state index is -0.266. The molecule has 0 aromatic heterocycles. The summed E-state index contributed by atoms with van der Waals surface area (Å²) in [6, 6.07) is 0.227. The number of aliphatic hydroxyl groups excluding tert-OH is 1. The molecule has 0 bridgehead atoms. The summed E-state index contributed by atoms with van der Waals surface area (Å²) in [5, 5.41) is 12.4. The number of aliphatic hydroxyl groups is 1. The highest BCUT2D eigenvalue weighted by molar-refractivity contribution is 4.94. The van der Waals surface area contributed by atoms with E-state index in [1.807, 2.05) is 0 Å². The summed E-state index contributed by atoms with van der Waals surface area (Å²) in [6.07, 6.45) is 1.08. The zero-order valence-corrected chi connectivity index (χ0v) is 5.21. The van der Waals surface area contributed by atoms with Crippen LogP contribution >= 0.6 is 0 Å². The van der Waals surface area contributed by atoms with Crippen molar-refractivity contribution < 1.29 is 9.84 Å². The van der Waals surface area contributed by atoms with E-state index in [1.165, 1.54) is 0 Å². The molecule has 2 aliphatic heterocycles. The van der Waals surface area contributed by atoms with Crippen LogP contribution in [0.3, 0.4) is 0 Å². The minimum Gasteiger partial charge on any atom is -0.389 e. The second-order valence-electron chi connectivity index (χ2n) is 2.71. The summed E-state index contributed by atoms with van der Waals surface area (Å²) >= 11 is 0. The molecule has 0 radical (unpaired) electrons. The Bertz CT molecular complexity index is 118. The van der Waals surface area contributed by atoms with Crippen molar-refractivity contribution in [2.75, 3.05) is 13.2 Å². The Morgan fingerprint density at radius 3 is 3.22 bits per heavy atom. The molecule has 2 fully saturated rings. The number of hydrogen-bond donors (Lipinski definition) is 2. The minimum absolute atomic E-state index is 0.227. The maximum absolute atomic E-state index is 9.21. The molecule has 9 heavy (non-hydrogen) atoms. The summed E-state index contributed by atoms with van der Waals surface area (Å²) in [5.41, 5.74) is 0. The molecule has 3 nitrogen and oxygen atoms in total. The second kappa shape index (κ2) is 1.94. The van der Waals surface area contributed by atoms with E-state index < -0.39 is 0 Å². The van der Waals surface area contributed by atoms with Crippen LogP contribution in [0.2, 0.25) is 0 Å². The third-order valence-electron chi connectivity index (χ3n) is 2.11. The maximum atomic E-state index is 9.21. The average Bonchev–Trinajstić information content (AvgIpc) is 2.35. The highest BCUT2D eigenvalue weighted by Crippen LogP contribution is 2.21. The van der Waals surface area contributed by atoms with Gasteiger partial charge in [0.2, 0.25) is 0 Å². The zero-order chi connectivity index (χ0) is 6.27. The van der Waals surface area contributed by atoms with E-state index >= 15 is 0 Å². The predicted molar refractivity (Wildman–Crippen MR) is 32.2 cm³/mol. The van der Waals surface area contributed by atoms with Crippen molar-refractivity contribution in [2.24, 2.45) is 0 Å². The van der Waals surface area contributed by atoms with Crippen molar-refractivity contribution >= 4 is 0 Å². The van der Waals surface area contributed by atoms with Gasteiger partial charge in [-0.05, 0) is 13.0 Å². The molecule has 3 heteroatoms. The van der Waals surface area contributed by atoms with Gasteiger partial charge < -0.3 is 15.2 Å². The van der Waals surface area contributed by atoms with Gasteiger partial charge in [-0.15, -0.1) is 0 Å². The van der Waals surface area contributed by atoms with Crippen LogP contribution in [0.25, 0.3) is 0 Å². The van der Waals surface area contributed by atoms with Gasteiger partial charge in [-0.1, -0.05) is 0 Å². The van der Waals surface area contributed by atoms with E-state index in [-0.39, 0.29) is 12.1 Å². The van der Waals surface area contributed by atoms with Crippen LogP contribution in [0.4, 0.5) is 0 Å². The van der Waals surface area contributed by atoms with E-state index in [4.69, 9.17) is 4.74 Å². The van der Waals surface area contributed by atoms with E-state index in [1.54, 1.807) is 0 Å². The van der Waals surface area contributed by atoms with E-state index in [0.717, 1.165) is 13.0 Å². The highest BCUT2D eigenvalue weighted by Gasteiger charge is 2.38. The number of rotatable bonds is 0. The van der Waals surface area contributed by atoms with Crippen LogP contribution in [-0.2, 0) is 4.74 Å². The zero-order valence-electron chi connectivity index (χ0n) is 5.21. The Labute approximate surface area is 54.0 Å². The molecule has 0 aliphatic carbocycles. The first kappa shape index (κ1) is 5.65. The first-order valence-corrected chi connectivity index (χ1v) is 3.41. The fourth-order valence-electron chi connectivity index (χ4n) is 1.60. The lowest BCUT2D eigenvalue weighted by Crippen LogP contribution is -2.36. The fraction of sp³-hybridized carbons (Fsp3) is 1.00. The van der Waals surface area contributed by atoms with Crippen LogP contribution < -0.4 is 5.32 Å². The molecule has 2 heterocycles. The molecule has 52 valence electrons. The predicted octanol–water partition coefficient (Wildman–Crippen LogP) is -0.892.